The highest BCUT2D eigenvalue weighted by Gasteiger charge is 2.06. The summed E-state index contributed by atoms with van der Waals surface area (Å²) in [5, 5.41) is 0. The second-order valence-electron chi connectivity index (χ2n) is 4.71. The number of rotatable bonds is 10. The van der Waals surface area contributed by atoms with Gasteiger partial charge in [0.05, 0.1) is 13.2 Å². The highest BCUT2D eigenvalue weighted by atomic mass is 17.2. The zero-order chi connectivity index (χ0) is 11.5. The lowest BCUT2D eigenvalue weighted by atomic mass is 10.0. The van der Waals surface area contributed by atoms with Crippen LogP contribution < -0.4 is 0 Å². The molecule has 0 spiro atoms. The van der Waals surface area contributed by atoms with Crippen LogP contribution in [0.25, 0.3) is 0 Å². The maximum atomic E-state index is 5.23. The topological polar surface area (TPSA) is 18.5 Å². The van der Waals surface area contributed by atoms with Crippen molar-refractivity contribution in [1.29, 1.82) is 0 Å². The van der Waals surface area contributed by atoms with Gasteiger partial charge in [-0.05, 0) is 24.7 Å². The van der Waals surface area contributed by atoms with E-state index < -0.39 is 0 Å². The van der Waals surface area contributed by atoms with Crippen LogP contribution in [0.5, 0.6) is 0 Å². The molecule has 0 aromatic rings. The molecule has 0 aliphatic carbocycles. The molecular formula is C13H28O2. The Kier molecular flexibility index (Phi) is 10.4. The van der Waals surface area contributed by atoms with Crippen LogP contribution in [0.4, 0.5) is 0 Å². The summed E-state index contributed by atoms with van der Waals surface area (Å²) in [6.07, 6.45) is 6.10. The minimum atomic E-state index is 0.670. The number of hydrogen-bond donors (Lipinski definition) is 0. The van der Waals surface area contributed by atoms with E-state index in [1.54, 1.807) is 0 Å². The first-order chi connectivity index (χ1) is 7.20. The van der Waals surface area contributed by atoms with E-state index in [-0.39, 0.29) is 0 Å². The molecule has 2 heteroatoms. The van der Waals surface area contributed by atoms with Gasteiger partial charge in [0.25, 0.3) is 0 Å². The Balaban J connectivity index is 3.30. The number of hydrogen-bond acceptors (Lipinski definition) is 2. The predicted molar refractivity (Wildman–Crippen MR) is 64.7 cm³/mol. The molecule has 0 heterocycles. The SMILES string of the molecule is CCCCC(CC)COOCCC(C)C. The van der Waals surface area contributed by atoms with Crippen molar-refractivity contribution in [3.63, 3.8) is 0 Å². The van der Waals surface area contributed by atoms with Crippen LogP contribution in [0.1, 0.15) is 59.8 Å². The Morgan fingerprint density at radius 2 is 1.73 bits per heavy atom. The van der Waals surface area contributed by atoms with Crippen molar-refractivity contribution >= 4 is 0 Å². The zero-order valence-electron chi connectivity index (χ0n) is 10.9. The third-order valence-corrected chi connectivity index (χ3v) is 2.71. The van der Waals surface area contributed by atoms with Crippen molar-refractivity contribution < 1.29 is 9.78 Å². The molecule has 0 amide bonds. The fraction of sp³-hybridized carbons (Fsp3) is 1.00. The normalized spacial score (nSPS) is 13.4. The van der Waals surface area contributed by atoms with E-state index in [9.17, 15) is 0 Å². The molecule has 15 heavy (non-hydrogen) atoms. The van der Waals surface area contributed by atoms with E-state index in [1.165, 1.54) is 25.7 Å². The second-order valence-corrected chi connectivity index (χ2v) is 4.71. The summed E-state index contributed by atoms with van der Waals surface area (Å²) in [5.74, 6) is 1.36. The van der Waals surface area contributed by atoms with Crippen LogP contribution >= 0.6 is 0 Å². The van der Waals surface area contributed by atoms with E-state index in [0.717, 1.165) is 19.6 Å². The Bertz CT molecular complexity index is 124. The smallest absolute Gasteiger partial charge is 0.0850 e. The van der Waals surface area contributed by atoms with Crippen LogP contribution in [0, 0.1) is 11.8 Å². The Morgan fingerprint density at radius 1 is 1.00 bits per heavy atom. The van der Waals surface area contributed by atoms with Gasteiger partial charge in [-0.15, -0.1) is 0 Å². The van der Waals surface area contributed by atoms with Crippen molar-refractivity contribution in [3.8, 4) is 0 Å². The molecule has 0 rings (SSSR count). The molecule has 0 N–H and O–H groups in total. The molecule has 2 nitrogen and oxygen atoms in total. The summed E-state index contributed by atoms with van der Waals surface area (Å²) in [5.41, 5.74) is 0. The van der Waals surface area contributed by atoms with Crippen LogP contribution in [-0.2, 0) is 9.78 Å². The molecule has 0 aliphatic heterocycles. The fourth-order valence-corrected chi connectivity index (χ4v) is 1.39. The largest absolute Gasteiger partial charge is 0.237 e. The van der Waals surface area contributed by atoms with Crippen LogP contribution in [0.15, 0.2) is 0 Å². The highest BCUT2D eigenvalue weighted by molar-refractivity contribution is 4.54. The molecular weight excluding hydrogens is 188 g/mol. The Hall–Kier alpha value is -0.0800. The van der Waals surface area contributed by atoms with Crippen LogP contribution in [0.3, 0.4) is 0 Å². The number of unbranched alkanes of at least 4 members (excludes halogenated alkanes) is 1. The Morgan fingerprint density at radius 3 is 2.27 bits per heavy atom. The van der Waals surface area contributed by atoms with Gasteiger partial charge in [0.2, 0.25) is 0 Å². The summed E-state index contributed by atoms with van der Waals surface area (Å²) in [6, 6.07) is 0. The van der Waals surface area contributed by atoms with Gasteiger partial charge >= 0.3 is 0 Å². The van der Waals surface area contributed by atoms with Gasteiger partial charge in [0.1, 0.15) is 0 Å². The first kappa shape index (κ1) is 14.9. The molecule has 0 saturated carbocycles. The van der Waals surface area contributed by atoms with E-state index >= 15 is 0 Å². The first-order valence-corrected chi connectivity index (χ1v) is 6.45. The van der Waals surface area contributed by atoms with Crippen molar-refractivity contribution in [3.05, 3.63) is 0 Å². The van der Waals surface area contributed by atoms with Crippen molar-refractivity contribution in [2.75, 3.05) is 13.2 Å². The second kappa shape index (κ2) is 10.4. The van der Waals surface area contributed by atoms with Crippen molar-refractivity contribution in [2.45, 2.75) is 59.8 Å². The quantitative estimate of drug-likeness (QED) is 0.309. The summed E-state index contributed by atoms with van der Waals surface area (Å²) in [7, 11) is 0. The molecule has 0 bridgehead atoms. The molecule has 92 valence electrons. The molecule has 0 aromatic heterocycles. The lowest BCUT2D eigenvalue weighted by Gasteiger charge is -2.14. The molecule has 0 saturated heterocycles. The van der Waals surface area contributed by atoms with E-state index in [1.807, 2.05) is 0 Å². The van der Waals surface area contributed by atoms with Crippen LogP contribution in [-0.4, -0.2) is 13.2 Å². The van der Waals surface area contributed by atoms with Crippen LogP contribution in [0.2, 0.25) is 0 Å². The van der Waals surface area contributed by atoms with Crippen molar-refractivity contribution in [1.82, 2.24) is 0 Å². The summed E-state index contributed by atoms with van der Waals surface area (Å²) in [4.78, 5) is 10.4. The average Bonchev–Trinajstić information content (AvgIpc) is 2.21. The molecule has 0 radical (unpaired) electrons. The predicted octanol–water partition coefficient (Wildman–Crippen LogP) is 4.20. The Labute approximate surface area is 95.3 Å². The van der Waals surface area contributed by atoms with E-state index in [0.29, 0.717) is 11.8 Å². The van der Waals surface area contributed by atoms with E-state index in [4.69, 9.17) is 9.78 Å². The van der Waals surface area contributed by atoms with Gasteiger partial charge in [-0.1, -0.05) is 47.0 Å². The third-order valence-electron chi connectivity index (χ3n) is 2.71. The zero-order valence-corrected chi connectivity index (χ0v) is 10.9. The molecule has 0 aromatic carbocycles. The lowest BCUT2D eigenvalue weighted by Crippen LogP contribution is -2.10. The summed E-state index contributed by atoms with van der Waals surface area (Å²) in [6.45, 7) is 10.3. The average molecular weight is 216 g/mol. The molecule has 0 fully saturated rings. The first-order valence-electron chi connectivity index (χ1n) is 6.45. The van der Waals surface area contributed by atoms with E-state index in [2.05, 4.69) is 27.7 Å². The third kappa shape index (κ3) is 10.2. The molecule has 1 atom stereocenters. The standard InChI is InChI=1S/C13H28O2/c1-5-7-8-13(6-2)11-15-14-10-9-12(3)4/h12-13H,5-11H2,1-4H3. The fourth-order valence-electron chi connectivity index (χ4n) is 1.39. The maximum Gasteiger partial charge on any atom is 0.0850 e. The molecule has 0 aliphatic rings. The van der Waals surface area contributed by atoms with Gasteiger partial charge in [-0.2, -0.15) is 0 Å². The summed E-state index contributed by atoms with van der Waals surface area (Å²) < 4.78 is 0. The lowest BCUT2D eigenvalue weighted by molar-refractivity contribution is -0.302. The summed E-state index contributed by atoms with van der Waals surface area (Å²) >= 11 is 0. The monoisotopic (exact) mass is 216 g/mol. The highest BCUT2D eigenvalue weighted by Crippen LogP contribution is 2.13. The van der Waals surface area contributed by atoms with Gasteiger partial charge in [-0.3, -0.25) is 0 Å². The minimum absolute atomic E-state index is 0.670. The van der Waals surface area contributed by atoms with Gasteiger partial charge in [0, 0.05) is 0 Å². The molecule has 1 unspecified atom stereocenters. The van der Waals surface area contributed by atoms with Gasteiger partial charge in [0.15, 0.2) is 0 Å². The van der Waals surface area contributed by atoms with Gasteiger partial charge < -0.3 is 0 Å². The minimum Gasteiger partial charge on any atom is -0.237 e. The van der Waals surface area contributed by atoms with Crippen molar-refractivity contribution in [2.24, 2.45) is 11.8 Å². The van der Waals surface area contributed by atoms with Gasteiger partial charge in [-0.25, -0.2) is 9.78 Å². The maximum absolute atomic E-state index is 5.23.